The van der Waals surface area contributed by atoms with Gasteiger partial charge in [0, 0.05) is 6.04 Å². The number of hydrogen-bond acceptors (Lipinski definition) is 2. The minimum absolute atomic E-state index is 0.856. The van der Waals surface area contributed by atoms with E-state index in [0.717, 1.165) is 17.9 Å². The Kier molecular flexibility index (Phi) is 1.90. The van der Waals surface area contributed by atoms with Crippen LogP contribution in [0.25, 0.3) is 0 Å². The largest absolute Gasteiger partial charge is 0.316 e. The van der Waals surface area contributed by atoms with Crippen LogP contribution >= 0.6 is 0 Å². The smallest absolute Gasteiger partial charge is 0.0133 e. The van der Waals surface area contributed by atoms with Gasteiger partial charge in [0.25, 0.3) is 0 Å². The van der Waals surface area contributed by atoms with Crippen molar-refractivity contribution in [3.8, 4) is 0 Å². The van der Waals surface area contributed by atoms with Crippen LogP contribution in [0, 0.1) is 11.8 Å². The minimum atomic E-state index is 0.856. The molecule has 2 nitrogen and oxygen atoms in total. The summed E-state index contributed by atoms with van der Waals surface area (Å²) in [5.41, 5.74) is 0. The van der Waals surface area contributed by atoms with Crippen LogP contribution in [0.2, 0.25) is 0 Å². The van der Waals surface area contributed by atoms with Crippen molar-refractivity contribution in [2.75, 3.05) is 27.2 Å². The Labute approximate surface area is 69.0 Å². The summed E-state index contributed by atoms with van der Waals surface area (Å²) in [6.45, 7) is 2.53. The predicted molar refractivity (Wildman–Crippen MR) is 46.6 cm³/mol. The SMILES string of the molecule is CN(C)[C@@H]1CC[C@@H]2CNC[C@@H]21. The third-order valence-corrected chi connectivity index (χ3v) is 3.38. The molecule has 64 valence electrons. The van der Waals surface area contributed by atoms with Gasteiger partial charge in [-0.1, -0.05) is 0 Å². The van der Waals surface area contributed by atoms with Crippen molar-refractivity contribution in [2.24, 2.45) is 11.8 Å². The topological polar surface area (TPSA) is 15.3 Å². The molecule has 11 heavy (non-hydrogen) atoms. The van der Waals surface area contributed by atoms with E-state index in [1.807, 2.05) is 0 Å². The highest BCUT2D eigenvalue weighted by molar-refractivity contribution is 4.95. The van der Waals surface area contributed by atoms with Crippen LogP contribution < -0.4 is 5.32 Å². The fourth-order valence-electron chi connectivity index (χ4n) is 2.76. The average Bonchev–Trinajstić information content (AvgIpc) is 2.41. The van der Waals surface area contributed by atoms with Crippen molar-refractivity contribution >= 4 is 0 Å². The van der Waals surface area contributed by atoms with Crippen molar-refractivity contribution < 1.29 is 0 Å². The fourth-order valence-corrected chi connectivity index (χ4v) is 2.76. The quantitative estimate of drug-likeness (QED) is 0.593. The van der Waals surface area contributed by atoms with Crippen molar-refractivity contribution in [3.63, 3.8) is 0 Å². The first-order chi connectivity index (χ1) is 5.29. The molecule has 0 spiro atoms. The second kappa shape index (κ2) is 2.76. The lowest BCUT2D eigenvalue weighted by Gasteiger charge is -2.24. The maximum atomic E-state index is 3.48. The van der Waals surface area contributed by atoms with Gasteiger partial charge >= 0.3 is 0 Å². The lowest BCUT2D eigenvalue weighted by Crippen LogP contribution is -2.34. The molecule has 1 heterocycles. The first kappa shape index (κ1) is 7.56. The Morgan fingerprint density at radius 1 is 1.18 bits per heavy atom. The summed E-state index contributed by atoms with van der Waals surface area (Å²) < 4.78 is 0. The van der Waals surface area contributed by atoms with Gasteiger partial charge in [0.1, 0.15) is 0 Å². The maximum Gasteiger partial charge on any atom is 0.0133 e. The zero-order chi connectivity index (χ0) is 7.84. The van der Waals surface area contributed by atoms with Crippen molar-refractivity contribution in [2.45, 2.75) is 18.9 Å². The van der Waals surface area contributed by atoms with Gasteiger partial charge in [-0.05, 0) is 51.9 Å². The van der Waals surface area contributed by atoms with Gasteiger partial charge in [-0.2, -0.15) is 0 Å². The zero-order valence-electron chi connectivity index (χ0n) is 7.51. The van der Waals surface area contributed by atoms with Gasteiger partial charge < -0.3 is 10.2 Å². The minimum Gasteiger partial charge on any atom is -0.316 e. The van der Waals surface area contributed by atoms with E-state index < -0.39 is 0 Å². The lowest BCUT2D eigenvalue weighted by atomic mass is 9.97. The molecule has 2 aliphatic rings. The summed E-state index contributed by atoms with van der Waals surface area (Å²) >= 11 is 0. The van der Waals surface area contributed by atoms with Gasteiger partial charge in [0.2, 0.25) is 0 Å². The molecule has 3 atom stereocenters. The number of fused-ring (bicyclic) bond motifs is 1. The number of nitrogens with zero attached hydrogens (tertiary/aromatic N) is 1. The van der Waals surface area contributed by atoms with Crippen LogP contribution in [-0.2, 0) is 0 Å². The summed E-state index contributed by atoms with van der Waals surface area (Å²) in [7, 11) is 4.43. The van der Waals surface area contributed by atoms with Crippen LogP contribution in [0.4, 0.5) is 0 Å². The van der Waals surface area contributed by atoms with E-state index in [1.165, 1.54) is 25.9 Å². The molecule has 0 amide bonds. The normalized spacial score (nSPS) is 43.4. The predicted octanol–water partition coefficient (Wildman–Crippen LogP) is 0.546. The maximum absolute atomic E-state index is 3.48. The summed E-state index contributed by atoms with van der Waals surface area (Å²) in [4.78, 5) is 2.40. The van der Waals surface area contributed by atoms with Crippen LogP contribution in [0.5, 0.6) is 0 Å². The summed E-state index contributed by atoms with van der Waals surface area (Å²) in [6, 6.07) is 0.856. The van der Waals surface area contributed by atoms with Crippen LogP contribution in [-0.4, -0.2) is 38.1 Å². The molecule has 0 aromatic carbocycles. The first-order valence-electron chi connectivity index (χ1n) is 4.66. The second-order valence-corrected chi connectivity index (χ2v) is 4.19. The monoisotopic (exact) mass is 154 g/mol. The summed E-state index contributed by atoms with van der Waals surface area (Å²) in [5.74, 6) is 1.94. The van der Waals surface area contributed by atoms with E-state index in [2.05, 4.69) is 24.3 Å². The zero-order valence-corrected chi connectivity index (χ0v) is 7.51. The molecule has 2 fully saturated rings. The van der Waals surface area contributed by atoms with E-state index in [0.29, 0.717) is 0 Å². The Morgan fingerprint density at radius 2 is 2.00 bits per heavy atom. The first-order valence-corrected chi connectivity index (χ1v) is 4.66. The van der Waals surface area contributed by atoms with Crippen LogP contribution in [0.3, 0.4) is 0 Å². The number of rotatable bonds is 1. The molecule has 0 unspecified atom stereocenters. The Balaban J connectivity index is 2.03. The van der Waals surface area contributed by atoms with Crippen LogP contribution in [0.1, 0.15) is 12.8 Å². The van der Waals surface area contributed by atoms with Gasteiger partial charge in [0.15, 0.2) is 0 Å². The van der Waals surface area contributed by atoms with E-state index in [9.17, 15) is 0 Å². The molecule has 1 aliphatic carbocycles. The third kappa shape index (κ3) is 1.18. The van der Waals surface area contributed by atoms with Gasteiger partial charge in [0.05, 0.1) is 0 Å². The molecule has 1 saturated heterocycles. The highest BCUT2D eigenvalue weighted by atomic mass is 15.1. The average molecular weight is 154 g/mol. The van der Waals surface area contributed by atoms with E-state index >= 15 is 0 Å². The molecule has 1 N–H and O–H groups in total. The van der Waals surface area contributed by atoms with Crippen LogP contribution in [0.15, 0.2) is 0 Å². The molecule has 0 aromatic rings. The molecule has 2 heteroatoms. The molecule has 1 aliphatic heterocycles. The van der Waals surface area contributed by atoms with Gasteiger partial charge in [-0.15, -0.1) is 0 Å². The Bertz CT molecular complexity index is 144. The standard InChI is InChI=1S/C9H18N2/c1-11(2)9-4-3-7-5-10-6-8(7)9/h7-10H,3-6H2,1-2H3/t7-,8+,9-/m1/s1. The molecular weight excluding hydrogens is 136 g/mol. The summed E-state index contributed by atoms with van der Waals surface area (Å²) in [5, 5.41) is 3.48. The van der Waals surface area contributed by atoms with E-state index in [-0.39, 0.29) is 0 Å². The number of nitrogens with one attached hydrogen (secondary N) is 1. The molecular formula is C9H18N2. The number of hydrogen-bond donors (Lipinski definition) is 1. The van der Waals surface area contributed by atoms with Crippen molar-refractivity contribution in [1.29, 1.82) is 0 Å². The van der Waals surface area contributed by atoms with E-state index in [1.54, 1.807) is 0 Å². The molecule has 1 saturated carbocycles. The highest BCUT2D eigenvalue weighted by Crippen LogP contribution is 2.36. The summed E-state index contributed by atoms with van der Waals surface area (Å²) in [6.07, 6.45) is 2.87. The molecule has 2 rings (SSSR count). The van der Waals surface area contributed by atoms with Crippen molar-refractivity contribution in [3.05, 3.63) is 0 Å². The molecule has 0 radical (unpaired) electrons. The molecule has 0 aromatic heterocycles. The fraction of sp³-hybridized carbons (Fsp3) is 1.00. The van der Waals surface area contributed by atoms with Gasteiger partial charge in [-0.25, -0.2) is 0 Å². The molecule has 0 bridgehead atoms. The Morgan fingerprint density at radius 3 is 2.73 bits per heavy atom. The van der Waals surface area contributed by atoms with Crippen molar-refractivity contribution in [1.82, 2.24) is 10.2 Å². The second-order valence-electron chi connectivity index (χ2n) is 4.19. The lowest BCUT2D eigenvalue weighted by molar-refractivity contribution is 0.236. The highest BCUT2D eigenvalue weighted by Gasteiger charge is 2.39. The van der Waals surface area contributed by atoms with Gasteiger partial charge in [-0.3, -0.25) is 0 Å². The Hall–Kier alpha value is -0.0800. The third-order valence-electron chi connectivity index (χ3n) is 3.38. The van der Waals surface area contributed by atoms with E-state index in [4.69, 9.17) is 0 Å².